The molecule has 0 radical (unpaired) electrons. The number of benzene rings is 2. The summed E-state index contributed by atoms with van der Waals surface area (Å²) >= 11 is 8.06. The Labute approximate surface area is 172 Å². The summed E-state index contributed by atoms with van der Waals surface area (Å²) in [4.78, 5) is 17.0. The Morgan fingerprint density at radius 2 is 1.96 bits per heavy atom. The van der Waals surface area contributed by atoms with Crippen LogP contribution in [0.25, 0.3) is 0 Å². The van der Waals surface area contributed by atoms with Gasteiger partial charge in [0.15, 0.2) is 11.6 Å². The first kappa shape index (κ1) is 19.7. The number of hydrogen-bond donors (Lipinski definition) is 0. The predicted octanol–water partition coefficient (Wildman–Crippen LogP) is 4.86. The molecule has 28 heavy (non-hydrogen) atoms. The quantitative estimate of drug-likeness (QED) is 0.664. The van der Waals surface area contributed by atoms with Gasteiger partial charge >= 0.3 is 0 Å². The van der Waals surface area contributed by atoms with Gasteiger partial charge in [-0.25, -0.2) is 8.78 Å². The summed E-state index contributed by atoms with van der Waals surface area (Å²) in [7, 11) is 0. The molecule has 2 aliphatic rings. The van der Waals surface area contributed by atoms with Crippen molar-refractivity contribution in [2.24, 2.45) is 0 Å². The van der Waals surface area contributed by atoms with Gasteiger partial charge in [-0.2, -0.15) is 0 Å². The van der Waals surface area contributed by atoms with Gasteiger partial charge in [0.05, 0.1) is 6.54 Å². The third kappa shape index (κ3) is 4.34. The molecule has 1 saturated heterocycles. The second kappa shape index (κ2) is 8.39. The van der Waals surface area contributed by atoms with Crippen LogP contribution in [0, 0.1) is 11.6 Å². The van der Waals surface area contributed by atoms with Gasteiger partial charge in [-0.05, 0) is 36.6 Å². The van der Waals surface area contributed by atoms with Crippen molar-refractivity contribution in [1.82, 2.24) is 9.80 Å². The first-order valence-electron chi connectivity index (χ1n) is 9.36. The van der Waals surface area contributed by atoms with Crippen LogP contribution in [0.15, 0.2) is 42.5 Å². The summed E-state index contributed by atoms with van der Waals surface area (Å²) in [5.74, 6) is -0.790. The molecule has 4 rings (SSSR count). The van der Waals surface area contributed by atoms with Gasteiger partial charge in [-0.3, -0.25) is 9.69 Å². The number of hydrogen-bond acceptors (Lipinski definition) is 3. The van der Waals surface area contributed by atoms with Crippen LogP contribution in [0.5, 0.6) is 0 Å². The number of halogens is 3. The Balaban J connectivity index is 1.47. The highest BCUT2D eigenvalue weighted by molar-refractivity contribution is 7.99. The van der Waals surface area contributed by atoms with Crippen LogP contribution in [0.1, 0.15) is 29.3 Å². The lowest BCUT2D eigenvalue weighted by Crippen LogP contribution is -2.40. The topological polar surface area (TPSA) is 23.6 Å². The third-order valence-electron chi connectivity index (χ3n) is 5.15. The highest BCUT2D eigenvalue weighted by atomic mass is 35.5. The van der Waals surface area contributed by atoms with Crippen LogP contribution in [0.3, 0.4) is 0 Å². The zero-order valence-electron chi connectivity index (χ0n) is 15.3. The van der Waals surface area contributed by atoms with Crippen LogP contribution in [-0.4, -0.2) is 40.6 Å². The maximum atomic E-state index is 13.5. The zero-order valence-corrected chi connectivity index (χ0v) is 16.9. The van der Waals surface area contributed by atoms with Crippen molar-refractivity contribution in [3.05, 3.63) is 70.2 Å². The zero-order chi connectivity index (χ0) is 19.7. The summed E-state index contributed by atoms with van der Waals surface area (Å²) in [5, 5.41) is 0.589. The van der Waals surface area contributed by atoms with Crippen molar-refractivity contribution in [2.45, 2.75) is 30.8 Å². The lowest BCUT2D eigenvalue weighted by Gasteiger charge is -2.29. The Morgan fingerprint density at radius 3 is 2.68 bits per heavy atom. The Morgan fingerprint density at radius 1 is 1.18 bits per heavy atom. The fraction of sp³-hybridized carbons (Fsp3) is 0.381. The molecule has 148 valence electrons. The lowest BCUT2D eigenvalue weighted by atomic mass is 10.2. The fourth-order valence-electron chi connectivity index (χ4n) is 3.55. The predicted molar refractivity (Wildman–Crippen MR) is 108 cm³/mol. The monoisotopic (exact) mass is 422 g/mol. The summed E-state index contributed by atoms with van der Waals surface area (Å²) in [6.07, 6.45) is 2.05. The van der Waals surface area contributed by atoms with Gasteiger partial charge in [0.25, 0.3) is 0 Å². The molecule has 2 aromatic rings. The minimum absolute atomic E-state index is 0.0457. The molecule has 1 aliphatic heterocycles. The molecule has 1 amide bonds. The molecule has 2 fully saturated rings. The standard InChI is InChI=1S/C21H21ClF2N2OS/c22-17-4-2-1-3-16(17)21-26(9-10-28-21)20(27)13-25(15-6-7-15)12-14-5-8-18(23)19(24)11-14/h1-5,8,11,15,21H,6-7,9-10,12-13H2/t21-/m1/s1. The van der Waals surface area contributed by atoms with Gasteiger partial charge in [0, 0.05) is 35.5 Å². The van der Waals surface area contributed by atoms with E-state index >= 15 is 0 Å². The molecule has 1 heterocycles. The molecule has 3 nitrogen and oxygen atoms in total. The van der Waals surface area contributed by atoms with Crippen molar-refractivity contribution in [3.63, 3.8) is 0 Å². The SMILES string of the molecule is O=C(CN(Cc1ccc(F)c(F)c1)C1CC1)N1CCS[C@@H]1c1ccccc1Cl. The van der Waals surface area contributed by atoms with E-state index < -0.39 is 11.6 Å². The van der Waals surface area contributed by atoms with Crippen LogP contribution < -0.4 is 0 Å². The van der Waals surface area contributed by atoms with E-state index in [-0.39, 0.29) is 17.8 Å². The van der Waals surface area contributed by atoms with Crippen molar-refractivity contribution >= 4 is 29.3 Å². The average Bonchev–Trinajstić information content (AvgIpc) is 3.41. The first-order chi connectivity index (χ1) is 13.5. The summed E-state index contributed by atoms with van der Waals surface area (Å²) in [6.45, 7) is 1.39. The van der Waals surface area contributed by atoms with Crippen molar-refractivity contribution < 1.29 is 13.6 Å². The minimum Gasteiger partial charge on any atom is -0.325 e. The van der Waals surface area contributed by atoms with Gasteiger partial charge in [0.2, 0.25) is 5.91 Å². The van der Waals surface area contributed by atoms with Gasteiger partial charge in [-0.15, -0.1) is 11.8 Å². The maximum absolute atomic E-state index is 13.5. The molecular weight excluding hydrogens is 402 g/mol. The van der Waals surface area contributed by atoms with E-state index in [1.54, 1.807) is 17.8 Å². The van der Waals surface area contributed by atoms with E-state index in [2.05, 4.69) is 4.90 Å². The number of carbonyl (C=O) groups is 1. The van der Waals surface area contributed by atoms with Gasteiger partial charge < -0.3 is 4.90 Å². The number of nitrogens with zero attached hydrogens (tertiary/aromatic N) is 2. The molecule has 0 bridgehead atoms. The normalized spacial score (nSPS) is 19.4. The Kier molecular flexibility index (Phi) is 5.90. The van der Waals surface area contributed by atoms with Crippen LogP contribution in [0.4, 0.5) is 8.78 Å². The number of amides is 1. The fourth-order valence-corrected chi connectivity index (χ4v) is 5.17. The number of rotatable bonds is 6. The summed E-state index contributed by atoms with van der Waals surface area (Å²) in [6, 6.07) is 11.9. The van der Waals surface area contributed by atoms with E-state index in [0.29, 0.717) is 29.7 Å². The molecule has 1 atom stereocenters. The van der Waals surface area contributed by atoms with E-state index in [9.17, 15) is 13.6 Å². The number of thioether (sulfide) groups is 1. The Hall–Kier alpha value is -1.63. The van der Waals surface area contributed by atoms with E-state index in [0.717, 1.165) is 30.2 Å². The van der Waals surface area contributed by atoms with Crippen LogP contribution in [-0.2, 0) is 11.3 Å². The van der Waals surface area contributed by atoms with Crippen molar-refractivity contribution in [1.29, 1.82) is 0 Å². The Bertz CT molecular complexity index is 877. The molecule has 1 saturated carbocycles. The largest absolute Gasteiger partial charge is 0.325 e. The van der Waals surface area contributed by atoms with Crippen LogP contribution in [0.2, 0.25) is 5.02 Å². The van der Waals surface area contributed by atoms with E-state index in [1.165, 1.54) is 6.07 Å². The van der Waals surface area contributed by atoms with E-state index in [4.69, 9.17) is 11.6 Å². The van der Waals surface area contributed by atoms with Gasteiger partial charge in [-0.1, -0.05) is 35.9 Å². The molecule has 0 unspecified atom stereocenters. The second-order valence-corrected chi connectivity index (χ2v) is 8.81. The molecule has 2 aromatic carbocycles. The maximum Gasteiger partial charge on any atom is 0.237 e. The van der Waals surface area contributed by atoms with Crippen LogP contribution >= 0.6 is 23.4 Å². The number of carbonyl (C=O) groups excluding carboxylic acids is 1. The minimum atomic E-state index is -0.853. The highest BCUT2D eigenvalue weighted by Crippen LogP contribution is 2.41. The smallest absolute Gasteiger partial charge is 0.237 e. The molecule has 7 heteroatoms. The highest BCUT2D eigenvalue weighted by Gasteiger charge is 2.36. The van der Waals surface area contributed by atoms with Gasteiger partial charge in [0.1, 0.15) is 5.37 Å². The molecule has 1 aliphatic carbocycles. The van der Waals surface area contributed by atoms with Crippen molar-refractivity contribution in [3.8, 4) is 0 Å². The second-order valence-electron chi connectivity index (χ2n) is 7.22. The molecule has 0 N–H and O–H groups in total. The molecular formula is C21H21ClF2N2OS. The van der Waals surface area contributed by atoms with E-state index in [1.807, 2.05) is 29.2 Å². The molecule has 0 spiro atoms. The average molecular weight is 423 g/mol. The van der Waals surface area contributed by atoms with Crippen molar-refractivity contribution in [2.75, 3.05) is 18.8 Å². The summed E-state index contributed by atoms with van der Waals surface area (Å²) < 4.78 is 26.7. The third-order valence-corrected chi connectivity index (χ3v) is 6.74. The lowest BCUT2D eigenvalue weighted by molar-refractivity contribution is -0.132. The molecule has 0 aromatic heterocycles. The summed E-state index contributed by atoms with van der Waals surface area (Å²) in [5.41, 5.74) is 1.63. The first-order valence-corrected chi connectivity index (χ1v) is 10.8.